The molecule has 0 bridgehead atoms. The Balaban J connectivity index is 1.75. The molecule has 3 aromatic rings. The van der Waals surface area contributed by atoms with E-state index in [4.69, 9.17) is 5.73 Å². The van der Waals surface area contributed by atoms with Gasteiger partial charge in [-0.3, -0.25) is 4.79 Å². The van der Waals surface area contributed by atoms with Crippen molar-refractivity contribution in [2.45, 2.75) is 6.54 Å². The van der Waals surface area contributed by atoms with Crippen molar-refractivity contribution in [1.82, 2.24) is 5.32 Å². The van der Waals surface area contributed by atoms with Crippen molar-refractivity contribution in [2.75, 3.05) is 5.73 Å². The lowest BCUT2D eigenvalue weighted by Gasteiger charge is -2.00. The van der Waals surface area contributed by atoms with Crippen molar-refractivity contribution in [1.29, 1.82) is 0 Å². The molecule has 3 N–H and O–H groups in total. The molecule has 0 atom stereocenters. The minimum atomic E-state index is -0.0470. The smallest absolute Gasteiger partial charge is 0.261 e. The highest BCUT2D eigenvalue weighted by Gasteiger charge is 2.10. The number of carbonyl (C=O) groups is 1. The number of fused-ring (bicyclic) bond motifs is 1. The van der Waals surface area contributed by atoms with Crippen molar-refractivity contribution < 1.29 is 4.79 Å². The first-order valence-electron chi connectivity index (χ1n) is 5.93. The number of nitrogen functional groups attached to an aromatic ring is 1. The quantitative estimate of drug-likeness (QED) is 0.681. The number of amides is 1. The normalized spacial score (nSPS) is 10.8. The second-order valence-corrected chi connectivity index (χ2v) is 7.93. The number of thiophene rings is 2. The zero-order valence-electron chi connectivity index (χ0n) is 10.4. The number of carbonyl (C=O) groups excluding carboxylic acids is 1. The largest absolute Gasteiger partial charge is 0.399 e. The molecule has 0 saturated heterocycles. The molecule has 0 fully saturated rings. The van der Waals surface area contributed by atoms with Crippen molar-refractivity contribution in [2.24, 2.45) is 0 Å². The molecule has 3 nitrogen and oxygen atoms in total. The fraction of sp³-hybridized carbons (Fsp3) is 0.0714. The van der Waals surface area contributed by atoms with Crippen LogP contribution in [-0.2, 0) is 6.54 Å². The predicted molar refractivity (Wildman–Crippen MR) is 89.4 cm³/mol. The van der Waals surface area contributed by atoms with Crippen LogP contribution in [0, 0.1) is 0 Å². The Hall–Kier alpha value is -1.37. The van der Waals surface area contributed by atoms with Gasteiger partial charge in [-0.25, -0.2) is 0 Å². The first-order valence-corrected chi connectivity index (χ1v) is 8.36. The standard InChI is InChI=1S/C14H11BrN2OS2/c15-13-4-2-10(19-13)7-17-14(18)12-6-8-5-9(16)1-3-11(8)20-12/h1-6H,7,16H2,(H,17,18). The van der Waals surface area contributed by atoms with E-state index in [1.807, 2.05) is 36.4 Å². The van der Waals surface area contributed by atoms with E-state index in [2.05, 4.69) is 21.2 Å². The molecule has 1 aromatic carbocycles. The maximum Gasteiger partial charge on any atom is 0.261 e. The van der Waals surface area contributed by atoms with E-state index >= 15 is 0 Å². The van der Waals surface area contributed by atoms with Gasteiger partial charge in [-0.2, -0.15) is 0 Å². The van der Waals surface area contributed by atoms with E-state index in [9.17, 15) is 4.79 Å². The van der Waals surface area contributed by atoms with Crippen molar-refractivity contribution >= 4 is 60.3 Å². The summed E-state index contributed by atoms with van der Waals surface area (Å²) in [4.78, 5) is 14.0. The third kappa shape index (κ3) is 2.87. The van der Waals surface area contributed by atoms with E-state index in [-0.39, 0.29) is 5.91 Å². The summed E-state index contributed by atoms with van der Waals surface area (Å²) in [5.41, 5.74) is 6.46. The summed E-state index contributed by atoms with van der Waals surface area (Å²) in [5, 5.41) is 3.95. The van der Waals surface area contributed by atoms with E-state index in [1.54, 1.807) is 11.3 Å². The van der Waals surface area contributed by atoms with Crippen molar-refractivity contribution in [3.63, 3.8) is 0 Å². The predicted octanol–water partition coefficient (Wildman–Crippen LogP) is 4.24. The summed E-state index contributed by atoms with van der Waals surface area (Å²) in [6.07, 6.45) is 0. The summed E-state index contributed by atoms with van der Waals surface area (Å²) in [6.45, 7) is 0.547. The Labute approximate surface area is 132 Å². The van der Waals surface area contributed by atoms with Gasteiger partial charge < -0.3 is 11.1 Å². The number of hydrogen-bond donors (Lipinski definition) is 2. The summed E-state index contributed by atoms with van der Waals surface area (Å²) in [7, 11) is 0. The van der Waals surface area contributed by atoms with Crippen molar-refractivity contribution in [3.8, 4) is 0 Å². The minimum absolute atomic E-state index is 0.0470. The molecule has 1 amide bonds. The van der Waals surface area contributed by atoms with Crippen LogP contribution in [0.1, 0.15) is 14.5 Å². The lowest BCUT2D eigenvalue weighted by Crippen LogP contribution is -2.21. The molecule has 0 aliphatic rings. The Morgan fingerprint density at radius 2 is 2.05 bits per heavy atom. The average Bonchev–Trinajstić information content (AvgIpc) is 3.01. The Morgan fingerprint density at radius 3 is 2.80 bits per heavy atom. The minimum Gasteiger partial charge on any atom is -0.399 e. The average molecular weight is 367 g/mol. The maximum atomic E-state index is 12.1. The molecule has 2 heterocycles. The summed E-state index contributed by atoms with van der Waals surface area (Å²) < 4.78 is 2.14. The van der Waals surface area contributed by atoms with Crippen molar-refractivity contribution in [3.05, 3.63) is 49.9 Å². The number of halogens is 1. The maximum absolute atomic E-state index is 12.1. The highest BCUT2D eigenvalue weighted by molar-refractivity contribution is 9.11. The van der Waals surface area contributed by atoms with Crippen LogP contribution in [-0.4, -0.2) is 5.91 Å². The summed E-state index contributed by atoms with van der Waals surface area (Å²) in [6, 6.07) is 11.6. The number of hydrogen-bond acceptors (Lipinski definition) is 4. The SMILES string of the molecule is Nc1ccc2sc(C(=O)NCc3ccc(Br)s3)cc2c1. The molecular weight excluding hydrogens is 356 g/mol. The Bertz CT molecular complexity index is 778. The zero-order chi connectivity index (χ0) is 14.1. The van der Waals surface area contributed by atoms with E-state index in [0.29, 0.717) is 17.1 Å². The second kappa shape index (κ2) is 5.55. The van der Waals surface area contributed by atoms with Gasteiger partial charge in [-0.15, -0.1) is 22.7 Å². The third-order valence-corrected chi connectivity index (χ3v) is 5.55. The molecule has 0 saturated carbocycles. The van der Waals surface area contributed by atoms with Gasteiger partial charge in [0.05, 0.1) is 15.2 Å². The highest BCUT2D eigenvalue weighted by atomic mass is 79.9. The summed E-state index contributed by atoms with van der Waals surface area (Å²) >= 11 is 6.51. The number of nitrogens with two attached hydrogens (primary N) is 1. The van der Waals surface area contributed by atoms with Gasteiger partial charge in [0.1, 0.15) is 0 Å². The Kier molecular flexibility index (Phi) is 3.78. The number of benzene rings is 1. The van der Waals surface area contributed by atoms with Gasteiger partial charge in [0.2, 0.25) is 0 Å². The second-order valence-electron chi connectivity index (χ2n) is 4.30. The van der Waals surface area contributed by atoms with Crippen LogP contribution in [0.4, 0.5) is 5.69 Å². The fourth-order valence-electron chi connectivity index (χ4n) is 1.87. The molecule has 20 heavy (non-hydrogen) atoms. The molecule has 3 rings (SSSR count). The molecule has 102 valence electrons. The lowest BCUT2D eigenvalue weighted by atomic mass is 10.2. The molecular formula is C14H11BrN2OS2. The topological polar surface area (TPSA) is 55.1 Å². The molecule has 6 heteroatoms. The first-order chi connectivity index (χ1) is 9.61. The van der Waals surface area contributed by atoms with Crippen LogP contribution < -0.4 is 11.1 Å². The van der Waals surface area contributed by atoms with Crippen LogP contribution in [0.15, 0.2) is 40.2 Å². The molecule has 0 unspecified atom stereocenters. The lowest BCUT2D eigenvalue weighted by molar-refractivity contribution is 0.0955. The van der Waals surface area contributed by atoms with E-state index < -0.39 is 0 Å². The van der Waals surface area contributed by atoms with Gasteiger partial charge >= 0.3 is 0 Å². The van der Waals surface area contributed by atoms with Crippen LogP contribution in [0.3, 0.4) is 0 Å². The molecule has 2 aromatic heterocycles. The zero-order valence-corrected chi connectivity index (χ0v) is 13.6. The third-order valence-electron chi connectivity index (χ3n) is 2.82. The molecule has 0 aliphatic heterocycles. The molecule has 0 radical (unpaired) electrons. The monoisotopic (exact) mass is 366 g/mol. The number of anilines is 1. The highest BCUT2D eigenvalue weighted by Crippen LogP contribution is 2.27. The van der Waals surface area contributed by atoms with Crippen LogP contribution in [0.2, 0.25) is 0 Å². The Morgan fingerprint density at radius 1 is 1.20 bits per heavy atom. The molecule has 0 spiro atoms. The van der Waals surface area contributed by atoms with E-state index in [0.717, 1.165) is 18.7 Å². The van der Waals surface area contributed by atoms with Gasteiger partial charge in [0.25, 0.3) is 5.91 Å². The van der Waals surface area contributed by atoms with Crippen LogP contribution >= 0.6 is 38.6 Å². The summed E-state index contributed by atoms with van der Waals surface area (Å²) in [5.74, 6) is -0.0470. The molecule has 0 aliphatic carbocycles. The van der Waals surface area contributed by atoms with Crippen LogP contribution in [0.5, 0.6) is 0 Å². The van der Waals surface area contributed by atoms with E-state index in [1.165, 1.54) is 11.3 Å². The fourth-order valence-corrected chi connectivity index (χ4v) is 4.26. The number of nitrogens with one attached hydrogen (secondary N) is 1. The van der Waals surface area contributed by atoms with Gasteiger partial charge in [0.15, 0.2) is 0 Å². The first kappa shape index (κ1) is 13.6. The van der Waals surface area contributed by atoms with Gasteiger partial charge in [0, 0.05) is 15.3 Å². The van der Waals surface area contributed by atoms with Gasteiger partial charge in [-0.05, 0) is 57.7 Å². The van der Waals surface area contributed by atoms with Gasteiger partial charge in [-0.1, -0.05) is 0 Å². The number of rotatable bonds is 3. The van der Waals surface area contributed by atoms with Crippen LogP contribution in [0.25, 0.3) is 10.1 Å².